The third kappa shape index (κ3) is 1.55. The summed E-state index contributed by atoms with van der Waals surface area (Å²) in [6, 6.07) is 6.13. The van der Waals surface area contributed by atoms with Crippen molar-refractivity contribution >= 4 is 50.2 Å². The van der Waals surface area contributed by atoms with E-state index in [-0.39, 0.29) is 0 Å². The Morgan fingerprint density at radius 2 is 2.19 bits per heavy atom. The van der Waals surface area contributed by atoms with Crippen molar-refractivity contribution in [3.63, 3.8) is 0 Å². The van der Waals surface area contributed by atoms with Crippen LogP contribution in [0.5, 0.6) is 0 Å². The highest BCUT2D eigenvalue weighted by Crippen LogP contribution is 2.34. The molecule has 0 aliphatic carbocycles. The fraction of sp³-hybridized carbons (Fsp3) is 0. The Kier molecular flexibility index (Phi) is 2.27. The molecule has 0 unspecified atom stereocenters. The van der Waals surface area contributed by atoms with Crippen LogP contribution in [0.25, 0.3) is 20.7 Å². The van der Waals surface area contributed by atoms with Crippen molar-refractivity contribution in [1.82, 2.24) is 9.97 Å². The Morgan fingerprint density at radius 1 is 1.31 bits per heavy atom. The van der Waals surface area contributed by atoms with Gasteiger partial charge >= 0.3 is 0 Å². The van der Waals surface area contributed by atoms with E-state index in [2.05, 4.69) is 16.0 Å². The Bertz CT molecular complexity index is 707. The molecular weight excluding hydrogens is 258 g/mol. The van der Waals surface area contributed by atoms with Crippen LogP contribution in [0.3, 0.4) is 0 Å². The second-order valence-corrected chi connectivity index (χ2v) is 6.04. The van der Waals surface area contributed by atoms with E-state index in [0.29, 0.717) is 5.13 Å². The van der Waals surface area contributed by atoms with Gasteiger partial charge in [0.2, 0.25) is 0 Å². The molecule has 2 heterocycles. The number of aromatic amines is 1. The maximum atomic E-state index is 5.64. The lowest BCUT2D eigenvalue weighted by molar-refractivity contribution is 1.42. The van der Waals surface area contributed by atoms with Gasteiger partial charge in [-0.3, -0.25) is 0 Å². The lowest BCUT2D eigenvalue weighted by atomic mass is 10.2. The molecule has 2 aromatic heterocycles. The Balaban J connectivity index is 2.34. The first kappa shape index (κ1) is 9.95. The molecule has 0 aliphatic rings. The van der Waals surface area contributed by atoms with Gasteiger partial charge in [-0.15, -0.1) is 11.3 Å². The van der Waals surface area contributed by atoms with Crippen LogP contribution in [-0.4, -0.2) is 9.97 Å². The molecule has 1 aromatic carbocycles. The summed E-state index contributed by atoms with van der Waals surface area (Å²) in [5, 5.41) is 0.584. The molecule has 3 nitrogen and oxygen atoms in total. The molecule has 0 atom stereocenters. The topological polar surface area (TPSA) is 54.7 Å². The van der Waals surface area contributed by atoms with Crippen LogP contribution in [0, 0.1) is 3.95 Å². The quantitative estimate of drug-likeness (QED) is 0.660. The van der Waals surface area contributed by atoms with Crippen LogP contribution in [0.2, 0.25) is 0 Å². The van der Waals surface area contributed by atoms with E-state index in [4.69, 9.17) is 18.0 Å². The third-order valence-electron chi connectivity index (χ3n) is 2.24. The highest BCUT2D eigenvalue weighted by atomic mass is 32.1. The minimum atomic E-state index is 0.584. The van der Waals surface area contributed by atoms with Crippen LogP contribution >= 0.6 is 34.9 Å². The van der Waals surface area contributed by atoms with Crippen LogP contribution in [0.15, 0.2) is 24.4 Å². The van der Waals surface area contributed by atoms with E-state index < -0.39 is 0 Å². The van der Waals surface area contributed by atoms with Gasteiger partial charge in [0.1, 0.15) is 0 Å². The predicted molar refractivity (Wildman–Crippen MR) is 72.5 cm³/mol. The summed E-state index contributed by atoms with van der Waals surface area (Å²) in [5.74, 6) is 0. The van der Waals surface area contributed by atoms with E-state index in [1.165, 1.54) is 11.3 Å². The molecule has 6 heteroatoms. The molecule has 0 aliphatic heterocycles. The largest absolute Gasteiger partial charge is 0.375 e. The maximum Gasteiger partial charge on any atom is 0.180 e. The van der Waals surface area contributed by atoms with Crippen molar-refractivity contribution in [1.29, 1.82) is 0 Å². The molecule has 0 amide bonds. The highest BCUT2D eigenvalue weighted by Gasteiger charge is 2.08. The minimum Gasteiger partial charge on any atom is -0.375 e. The first-order chi connectivity index (χ1) is 7.74. The molecule has 0 fully saturated rings. The number of aromatic nitrogens is 2. The molecule has 0 saturated carbocycles. The van der Waals surface area contributed by atoms with Gasteiger partial charge in [0, 0.05) is 11.8 Å². The normalized spacial score (nSPS) is 11.0. The van der Waals surface area contributed by atoms with Crippen molar-refractivity contribution in [2.24, 2.45) is 0 Å². The fourth-order valence-corrected chi connectivity index (χ4v) is 3.44. The second kappa shape index (κ2) is 3.65. The van der Waals surface area contributed by atoms with Crippen molar-refractivity contribution in [3.8, 4) is 10.4 Å². The molecule has 0 radical (unpaired) electrons. The third-order valence-corrected chi connectivity index (χ3v) is 4.30. The van der Waals surface area contributed by atoms with Crippen molar-refractivity contribution < 1.29 is 0 Å². The molecular formula is C10H7N3S3. The van der Waals surface area contributed by atoms with Gasteiger partial charge in [-0.05, 0) is 18.3 Å². The average molecular weight is 265 g/mol. The highest BCUT2D eigenvalue weighted by molar-refractivity contribution is 7.73. The minimum absolute atomic E-state index is 0.584. The number of H-pyrrole nitrogens is 1. The first-order valence-electron chi connectivity index (χ1n) is 4.57. The molecule has 3 aromatic rings. The zero-order valence-corrected chi connectivity index (χ0v) is 10.5. The van der Waals surface area contributed by atoms with Crippen molar-refractivity contribution in [2.45, 2.75) is 0 Å². The number of hydrogen-bond acceptors (Lipinski definition) is 5. The van der Waals surface area contributed by atoms with Crippen LogP contribution in [-0.2, 0) is 0 Å². The van der Waals surface area contributed by atoms with Crippen LogP contribution < -0.4 is 5.73 Å². The van der Waals surface area contributed by atoms with Gasteiger partial charge in [-0.2, -0.15) is 0 Å². The average Bonchev–Trinajstić information content (AvgIpc) is 2.82. The smallest absolute Gasteiger partial charge is 0.180 e. The molecule has 0 bridgehead atoms. The summed E-state index contributed by atoms with van der Waals surface area (Å²) in [7, 11) is 0. The zero-order chi connectivity index (χ0) is 11.1. The Hall–Kier alpha value is -1.24. The molecule has 3 N–H and O–H groups in total. The number of rotatable bonds is 1. The van der Waals surface area contributed by atoms with Gasteiger partial charge < -0.3 is 10.7 Å². The summed E-state index contributed by atoms with van der Waals surface area (Å²) < 4.78 is 1.95. The number of nitrogens with two attached hydrogens (primary N) is 1. The fourth-order valence-electron chi connectivity index (χ4n) is 1.59. The number of thiazole rings is 2. The number of benzene rings is 1. The number of fused-ring (bicyclic) bond motifs is 1. The van der Waals surface area contributed by atoms with Gasteiger partial charge in [-0.1, -0.05) is 23.5 Å². The van der Waals surface area contributed by atoms with E-state index in [9.17, 15) is 0 Å². The number of nitrogens with one attached hydrogen (secondary N) is 1. The van der Waals surface area contributed by atoms with E-state index >= 15 is 0 Å². The molecule has 0 saturated heterocycles. The van der Waals surface area contributed by atoms with Crippen molar-refractivity contribution in [2.75, 3.05) is 5.73 Å². The van der Waals surface area contributed by atoms with E-state index in [1.54, 1.807) is 17.5 Å². The standard InChI is InChI=1S/C10H7N3S3/c11-9-12-4-7(15-9)5-2-1-3-6-8(5)13-10(14)16-6/h1-4H,(H2,11,12)(H,13,14). The lowest BCUT2D eigenvalue weighted by Gasteiger charge is -1.97. The molecule has 80 valence electrons. The first-order valence-corrected chi connectivity index (χ1v) is 6.62. The number of hydrogen-bond donors (Lipinski definition) is 2. The summed E-state index contributed by atoms with van der Waals surface area (Å²) in [6.45, 7) is 0. The lowest BCUT2D eigenvalue weighted by Crippen LogP contribution is -1.77. The van der Waals surface area contributed by atoms with Crippen LogP contribution in [0.1, 0.15) is 0 Å². The summed E-state index contributed by atoms with van der Waals surface area (Å²) in [5.41, 5.74) is 7.83. The Morgan fingerprint density at radius 3 is 2.94 bits per heavy atom. The maximum absolute atomic E-state index is 5.64. The van der Waals surface area contributed by atoms with Gasteiger partial charge in [0.05, 0.1) is 15.1 Å². The van der Waals surface area contributed by atoms with Crippen molar-refractivity contribution in [3.05, 3.63) is 28.4 Å². The number of nitrogen functional groups attached to an aromatic ring is 1. The molecule has 16 heavy (non-hydrogen) atoms. The number of para-hydroxylation sites is 1. The Labute approximate surface area is 105 Å². The van der Waals surface area contributed by atoms with Crippen LogP contribution in [0.4, 0.5) is 5.13 Å². The number of nitrogens with zero attached hydrogens (tertiary/aromatic N) is 1. The molecule has 0 spiro atoms. The summed E-state index contributed by atoms with van der Waals surface area (Å²) in [6.07, 6.45) is 1.79. The molecule has 3 rings (SSSR count). The number of anilines is 1. The van der Waals surface area contributed by atoms with Gasteiger partial charge in [0.25, 0.3) is 0 Å². The predicted octanol–water partition coefficient (Wildman–Crippen LogP) is 3.66. The van der Waals surface area contributed by atoms with E-state index in [1.807, 2.05) is 12.1 Å². The second-order valence-electron chi connectivity index (χ2n) is 3.26. The van der Waals surface area contributed by atoms with Gasteiger partial charge in [0.15, 0.2) is 9.09 Å². The summed E-state index contributed by atoms with van der Waals surface area (Å²) >= 11 is 8.22. The monoisotopic (exact) mass is 265 g/mol. The zero-order valence-electron chi connectivity index (χ0n) is 8.06. The summed E-state index contributed by atoms with van der Waals surface area (Å²) in [4.78, 5) is 8.33. The SMILES string of the molecule is Nc1ncc(-c2cccc3sc(=S)[nH]c23)s1. The van der Waals surface area contributed by atoms with E-state index in [0.717, 1.165) is 24.6 Å². The van der Waals surface area contributed by atoms with Gasteiger partial charge in [-0.25, -0.2) is 4.98 Å².